The van der Waals surface area contributed by atoms with Gasteiger partial charge in [0.05, 0.1) is 17.0 Å². The summed E-state index contributed by atoms with van der Waals surface area (Å²) < 4.78 is 44.5. The zero-order valence-electron chi connectivity index (χ0n) is 40.9. The van der Waals surface area contributed by atoms with Crippen LogP contribution < -0.4 is 20.9 Å². The topological polar surface area (TPSA) is 227 Å². The lowest BCUT2D eigenvalue weighted by molar-refractivity contribution is -0.136. The molecule has 22 heteroatoms. The molecule has 2 unspecified atom stereocenters. The molecule has 1 aromatic carbocycles. The molecule has 2 bridgehead atoms. The summed E-state index contributed by atoms with van der Waals surface area (Å²) in [7, 11) is 1.59. The fourth-order valence-electron chi connectivity index (χ4n) is 12.4. The fraction of sp³-hybridized carbons (Fsp3) is 0.569. The molecular weight excluding hydrogens is 943 g/mol. The minimum Gasteiger partial charge on any atom is -0.439 e. The molecule has 4 aromatic heterocycles. The Labute approximate surface area is 420 Å². The Bertz CT molecular complexity index is 2910. The first kappa shape index (κ1) is 47.2. The van der Waals surface area contributed by atoms with Crippen LogP contribution in [0.25, 0.3) is 33.8 Å². The highest BCUT2D eigenvalue weighted by Crippen LogP contribution is 2.56. The van der Waals surface area contributed by atoms with Crippen LogP contribution in [0.5, 0.6) is 0 Å². The van der Waals surface area contributed by atoms with Crippen LogP contribution in [0.1, 0.15) is 99.8 Å². The van der Waals surface area contributed by atoms with E-state index in [0.717, 1.165) is 61.5 Å². The molecule has 4 saturated heterocycles. The fourth-order valence-corrected chi connectivity index (χ4v) is 12.4. The van der Waals surface area contributed by atoms with Gasteiger partial charge in [-0.15, -0.1) is 0 Å². The molecule has 20 nitrogen and oxygen atoms in total. The second-order valence-electron chi connectivity index (χ2n) is 21.3. The molecule has 4 aliphatic heterocycles. The average Bonchev–Trinajstić information content (AvgIpc) is 3.65. The zero-order valence-corrected chi connectivity index (χ0v) is 40.9. The lowest BCUT2D eigenvalue weighted by Crippen LogP contribution is -2.51. The van der Waals surface area contributed by atoms with Crippen molar-refractivity contribution in [3.8, 4) is 22.8 Å². The minimum atomic E-state index is -0.697. The van der Waals surface area contributed by atoms with Gasteiger partial charge >= 0.3 is 6.09 Å². The van der Waals surface area contributed by atoms with Crippen LogP contribution in [0.3, 0.4) is 0 Å². The van der Waals surface area contributed by atoms with E-state index in [-0.39, 0.29) is 60.5 Å². The number of nitrogen functional groups attached to an aromatic ring is 1. The summed E-state index contributed by atoms with van der Waals surface area (Å²) in [4.78, 5) is 78.0. The van der Waals surface area contributed by atoms with Crippen molar-refractivity contribution in [1.29, 1.82) is 0 Å². The number of nitrogens with one attached hydrogen (secondary N) is 1. The Morgan fingerprint density at radius 3 is 2.23 bits per heavy atom. The number of hydrogen-bond acceptors (Lipinski definition) is 16. The van der Waals surface area contributed by atoms with Gasteiger partial charge in [-0.25, -0.2) is 38.2 Å². The number of anilines is 3. The molecule has 73 heavy (non-hydrogen) atoms. The molecule has 384 valence electrons. The standard InChI is InChI=1S/C51H60F2N14O6/c1-62(37-4-5-39(68)59-50(37)70)34-21-35(52)45(36(53)22-34)65-16-14-63(15-17-65)25-28-6-10-64(11-7-28)40(69)26-72-51(71)66-12-8-30(9-13-66)33-23-55-48(56-24-33)41-44(61-73-46(41)31-2-3-31)43-42-47(54)57-27-58-49(42)67(60-43)38-20-29-18-32(38)19-29/h21-24,27-32,37-38H,2-20,25-26H2,1H3,(H2,54,57,58)(H,59,68,70). The number of hydrogen-bond donors (Lipinski definition) is 2. The Morgan fingerprint density at radius 1 is 0.849 bits per heavy atom. The van der Waals surface area contributed by atoms with E-state index in [0.29, 0.717) is 111 Å². The van der Waals surface area contributed by atoms with E-state index in [4.69, 9.17) is 30.1 Å². The van der Waals surface area contributed by atoms with E-state index < -0.39 is 29.7 Å². The third-order valence-corrected chi connectivity index (χ3v) is 16.8. The monoisotopic (exact) mass is 1000 g/mol. The van der Waals surface area contributed by atoms with Gasteiger partial charge < -0.3 is 34.6 Å². The number of carbonyl (C=O) groups excluding carboxylic acids is 4. The van der Waals surface area contributed by atoms with Gasteiger partial charge in [0.1, 0.15) is 35.3 Å². The van der Waals surface area contributed by atoms with E-state index in [1.54, 1.807) is 21.7 Å². The molecule has 8 fully saturated rings. The maximum Gasteiger partial charge on any atom is 0.410 e. The van der Waals surface area contributed by atoms with Gasteiger partial charge in [-0.3, -0.25) is 24.6 Å². The molecule has 5 aromatic rings. The quantitative estimate of drug-likeness (QED) is 0.152. The van der Waals surface area contributed by atoms with Crippen molar-refractivity contribution in [1.82, 2.24) is 54.9 Å². The molecule has 13 rings (SSSR count). The summed E-state index contributed by atoms with van der Waals surface area (Å²) in [5.41, 5.74) is 10.2. The van der Waals surface area contributed by atoms with Gasteiger partial charge in [0.2, 0.25) is 11.8 Å². The van der Waals surface area contributed by atoms with Crippen LogP contribution in [-0.2, 0) is 19.1 Å². The van der Waals surface area contributed by atoms with Crippen molar-refractivity contribution in [2.75, 3.05) is 88.1 Å². The molecular formula is C51H60F2N14O6. The number of nitrogens with zero attached hydrogens (tertiary/aromatic N) is 12. The van der Waals surface area contributed by atoms with Crippen LogP contribution >= 0.6 is 0 Å². The molecule has 8 aliphatic rings. The number of amides is 4. The Kier molecular flexibility index (Phi) is 12.4. The third kappa shape index (κ3) is 9.08. The van der Waals surface area contributed by atoms with Gasteiger partial charge in [0, 0.05) is 96.4 Å². The predicted octanol–water partition coefficient (Wildman–Crippen LogP) is 5.27. The number of imide groups is 1. The number of piperidine rings is 3. The molecule has 4 amide bonds. The van der Waals surface area contributed by atoms with Gasteiger partial charge in [-0.1, -0.05) is 5.16 Å². The molecule has 0 spiro atoms. The number of carbonyl (C=O) groups is 4. The van der Waals surface area contributed by atoms with Gasteiger partial charge in [0.15, 0.2) is 35.5 Å². The molecule has 0 radical (unpaired) electrons. The summed E-state index contributed by atoms with van der Waals surface area (Å²) in [5, 5.41) is 12.7. The number of rotatable bonds is 12. The van der Waals surface area contributed by atoms with E-state index in [1.165, 1.54) is 36.2 Å². The molecule has 4 saturated carbocycles. The lowest BCUT2D eigenvalue weighted by atomic mass is 9.84. The number of ether oxygens (including phenoxy) is 1. The summed E-state index contributed by atoms with van der Waals surface area (Å²) in [5.74, 6) is 1.20. The van der Waals surface area contributed by atoms with Crippen LogP contribution in [0.15, 0.2) is 35.4 Å². The third-order valence-electron chi connectivity index (χ3n) is 16.8. The number of nitrogens with two attached hydrogens (primary N) is 1. The highest BCUT2D eigenvalue weighted by molar-refractivity contribution is 6.02. The van der Waals surface area contributed by atoms with E-state index in [2.05, 4.69) is 25.3 Å². The minimum absolute atomic E-state index is 0.0808. The first-order chi connectivity index (χ1) is 35.4. The van der Waals surface area contributed by atoms with Crippen LogP contribution in [-0.4, -0.2) is 152 Å². The predicted molar refractivity (Wildman–Crippen MR) is 262 cm³/mol. The summed E-state index contributed by atoms with van der Waals surface area (Å²) in [6.45, 7) is 4.76. The molecule has 4 aliphatic carbocycles. The van der Waals surface area contributed by atoms with Crippen LogP contribution in [0.4, 0.5) is 30.8 Å². The Balaban J connectivity index is 0.595. The first-order valence-corrected chi connectivity index (χ1v) is 26.0. The number of fused-ring (bicyclic) bond motifs is 2. The number of halogens is 2. The Hall–Kier alpha value is -6.84. The summed E-state index contributed by atoms with van der Waals surface area (Å²) >= 11 is 0. The average molecular weight is 1000 g/mol. The SMILES string of the molecule is CN(c1cc(F)c(N2CCN(CC3CCN(C(=O)COC(=O)N4CCC(c5cnc(-c6c(-c7nn(C8CC9CC8C9)c8ncnc(N)c78)noc6C6CC6)nc5)CC4)CC3)CC2)c(F)c1)C1CCC(=O)NC1=O. The van der Waals surface area contributed by atoms with Gasteiger partial charge in [0.25, 0.3) is 5.91 Å². The van der Waals surface area contributed by atoms with Crippen molar-refractivity contribution >= 4 is 52.0 Å². The number of likely N-dealkylation sites (tertiary alicyclic amines) is 2. The lowest BCUT2D eigenvalue weighted by Gasteiger charge is -2.40. The smallest absolute Gasteiger partial charge is 0.410 e. The van der Waals surface area contributed by atoms with Crippen molar-refractivity contribution in [3.05, 3.63) is 53.8 Å². The first-order valence-electron chi connectivity index (χ1n) is 26.0. The maximum atomic E-state index is 15.5. The van der Waals surface area contributed by atoms with Crippen molar-refractivity contribution in [3.63, 3.8) is 0 Å². The van der Waals surface area contributed by atoms with Crippen LogP contribution in [0, 0.1) is 29.4 Å². The Morgan fingerprint density at radius 2 is 1.56 bits per heavy atom. The van der Waals surface area contributed by atoms with Gasteiger partial charge in [-0.2, -0.15) is 5.10 Å². The molecule has 2 atom stereocenters. The molecule has 8 heterocycles. The summed E-state index contributed by atoms with van der Waals surface area (Å²) in [6, 6.07) is 2.06. The van der Waals surface area contributed by atoms with E-state index in [1.807, 2.05) is 17.1 Å². The number of likely N-dealkylation sites (N-methyl/N-ethyl adjacent to an activating group) is 1. The van der Waals surface area contributed by atoms with E-state index in [9.17, 15) is 19.2 Å². The van der Waals surface area contributed by atoms with Crippen molar-refractivity contribution in [2.24, 2.45) is 17.8 Å². The largest absolute Gasteiger partial charge is 0.439 e. The second-order valence-corrected chi connectivity index (χ2v) is 21.3. The normalized spacial score (nSPS) is 24.0. The molecule has 3 N–H and O–H groups in total. The zero-order chi connectivity index (χ0) is 50.1. The highest BCUT2D eigenvalue weighted by Gasteiger charge is 2.47. The summed E-state index contributed by atoms with van der Waals surface area (Å²) in [6.07, 6.45) is 13.6. The van der Waals surface area contributed by atoms with Crippen LogP contribution in [0.2, 0.25) is 0 Å². The van der Waals surface area contributed by atoms with Gasteiger partial charge in [-0.05, 0) is 106 Å². The second kappa shape index (κ2) is 19.2. The highest BCUT2D eigenvalue weighted by atomic mass is 19.1. The number of benzene rings is 1. The van der Waals surface area contributed by atoms with E-state index >= 15 is 8.78 Å². The van der Waals surface area contributed by atoms with Crippen molar-refractivity contribution in [2.45, 2.75) is 94.5 Å². The number of piperazine rings is 1. The number of aromatic nitrogens is 7. The van der Waals surface area contributed by atoms with Crippen molar-refractivity contribution < 1.29 is 37.2 Å². The maximum absolute atomic E-state index is 15.5.